The molecule has 1 aromatic carbocycles. The molecule has 1 saturated heterocycles. The van der Waals surface area contributed by atoms with Gasteiger partial charge in [0.25, 0.3) is 0 Å². The summed E-state index contributed by atoms with van der Waals surface area (Å²) in [4.78, 5) is 2.41. The van der Waals surface area contributed by atoms with E-state index in [0.717, 1.165) is 35.5 Å². The second kappa shape index (κ2) is 5.57. The predicted octanol–water partition coefficient (Wildman–Crippen LogP) is 4.03. The molecule has 1 heterocycles. The Balaban J connectivity index is 2.05. The highest BCUT2D eigenvalue weighted by atomic mass is 79.9. The molecule has 0 bridgehead atoms. The van der Waals surface area contributed by atoms with E-state index >= 15 is 0 Å². The number of anilines is 1. The first-order valence-electron chi connectivity index (χ1n) is 6.14. The van der Waals surface area contributed by atoms with E-state index in [4.69, 9.17) is 17.0 Å². The quantitative estimate of drug-likeness (QED) is 0.761. The lowest BCUT2D eigenvalue weighted by Gasteiger charge is -2.40. The standard InChI is InChI=1S/C14H18BrNOS/c1-14(13(18)17-2)6-8-16(9-7-14)12-5-3-4-11(15)10-12/h3-5,10H,6-9H2,1-2H3. The van der Waals surface area contributed by atoms with Crippen molar-refractivity contribution < 1.29 is 4.74 Å². The van der Waals surface area contributed by atoms with Gasteiger partial charge in [0, 0.05) is 28.7 Å². The maximum absolute atomic E-state index is 5.32. The summed E-state index contributed by atoms with van der Waals surface area (Å²) in [6, 6.07) is 8.45. The molecule has 0 aromatic heterocycles. The number of hydrogen-bond acceptors (Lipinski definition) is 3. The van der Waals surface area contributed by atoms with Crippen molar-refractivity contribution in [2.45, 2.75) is 19.8 Å². The van der Waals surface area contributed by atoms with E-state index in [1.807, 2.05) is 0 Å². The van der Waals surface area contributed by atoms with Gasteiger partial charge in [0.1, 0.15) is 0 Å². The van der Waals surface area contributed by atoms with E-state index in [-0.39, 0.29) is 5.41 Å². The Kier molecular flexibility index (Phi) is 4.28. The van der Waals surface area contributed by atoms with E-state index in [0.29, 0.717) is 0 Å². The fourth-order valence-electron chi connectivity index (χ4n) is 2.38. The SMILES string of the molecule is COC(=S)C1(C)CCN(c2cccc(Br)c2)CC1. The minimum atomic E-state index is 0.0482. The number of thiocarbonyl (C=S) groups is 1. The average molecular weight is 328 g/mol. The third-order valence-corrected chi connectivity index (χ3v) is 4.87. The first-order valence-corrected chi connectivity index (χ1v) is 7.34. The second-order valence-electron chi connectivity index (χ2n) is 5.02. The van der Waals surface area contributed by atoms with Crippen LogP contribution in [0, 0.1) is 5.41 Å². The molecule has 2 nitrogen and oxygen atoms in total. The van der Waals surface area contributed by atoms with E-state index < -0.39 is 0 Å². The van der Waals surface area contributed by atoms with Crippen molar-refractivity contribution in [1.29, 1.82) is 0 Å². The Morgan fingerprint density at radius 2 is 2.06 bits per heavy atom. The van der Waals surface area contributed by atoms with Crippen LogP contribution in [0.3, 0.4) is 0 Å². The van der Waals surface area contributed by atoms with Crippen LogP contribution in [0.1, 0.15) is 19.8 Å². The molecule has 98 valence electrons. The topological polar surface area (TPSA) is 12.5 Å². The zero-order valence-electron chi connectivity index (χ0n) is 10.8. The highest BCUT2D eigenvalue weighted by molar-refractivity contribution is 9.10. The van der Waals surface area contributed by atoms with Crippen molar-refractivity contribution in [3.05, 3.63) is 28.7 Å². The van der Waals surface area contributed by atoms with Gasteiger partial charge in [-0.3, -0.25) is 0 Å². The van der Waals surface area contributed by atoms with Crippen molar-refractivity contribution in [2.24, 2.45) is 5.41 Å². The highest BCUT2D eigenvalue weighted by Crippen LogP contribution is 2.35. The van der Waals surface area contributed by atoms with Gasteiger partial charge in [-0.05, 0) is 43.3 Å². The summed E-state index contributed by atoms with van der Waals surface area (Å²) < 4.78 is 6.38. The molecule has 0 aliphatic carbocycles. The van der Waals surface area contributed by atoms with Gasteiger partial charge in [0.05, 0.1) is 7.11 Å². The second-order valence-corrected chi connectivity index (χ2v) is 6.31. The molecule has 0 radical (unpaired) electrons. The summed E-state index contributed by atoms with van der Waals surface area (Å²) in [5.41, 5.74) is 1.32. The minimum Gasteiger partial charge on any atom is -0.490 e. The lowest BCUT2D eigenvalue weighted by molar-refractivity contribution is 0.277. The molecule has 1 aromatic rings. The summed E-state index contributed by atoms with van der Waals surface area (Å²) in [5.74, 6) is 0. The van der Waals surface area contributed by atoms with Gasteiger partial charge in [-0.15, -0.1) is 0 Å². The molecule has 2 rings (SSSR count). The Hall–Kier alpha value is -0.610. The van der Waals surface area contributed by atoms with Gasteiger partial charge in [0.2, 0.25) is 0 Å². The predicted molar refractivity (Wildman–Crippen MR) is 83.3 cm³/mol. The van der Waals surface area contributed by atoms with Gasteiger partial charge in [-0.2, -0.15) is 0 Å². The molecule has 1 aliphatic heterocycles. The smallest absolute Gasteiger partial charge is 0.165 e. The van der Waals surface area contributed by atoms with E-state index in [9.17, 15) is 0 Å². The Morgan fingerprint density at radius 3 is 2.61 bits per heavy atom. The van der Waals surface area contributed by atoms with Crippen LogP contribution in [-0.2, 0) is 4.74 Å². The van der Waals surface area contributed by atoms with Gasteiger partial charge < -0.3 is 9.64 Å². The molecule has 0 N–H and O–H groups in total. The molecule has 1 fully saturated rings. The summed E-state index contributed by atoms with van der Waals surface area (Å²) in [6.45, 7) is 4.25. The monoisotopic (exact) mass is 327 g/mol. The minimum absolute atomic E-state index is 0.0482. The summed E-state index contributed by atoms with van der Waals surface area (Å²) in [6.07, 6.45) is 2.10. The van der Waals surface area contributed by atoms with Gasteiger partial charge in [-0.25, -0.2) is 0 Å². The number of benzene rings is 1. The number of piperidine rings is 1. The third-order valence-electron chi connectivity index (χ3n) is 3.72. The number of halogens is 1. The molecule has 18 heavy (non-hydrogen) atoms. The van der Waals surface area contributed by atoms with Crippen LogP contribution in [0.25, 0.3) is 0 Å². The number of nitrogens with zero attached hydrogens (tertiary/aromatic N) is 1. The number of ether oxygens (including phenoxy) is 1. The largest absolute Gasteiger partial charge is 0.490 e. The molecule has 0 unspecified atom stereocenters. The van der Waals surface area contributed by atoms with Crippen molar-refractivity contribution in [3.63, 3.8) is 0 Å². The number of hydrogen-bond donors (Lipinski definition) is 0. The van der Waals surface area contributed by atoms with E-state index in [1.165, 1.54) is 5.69 Å². The highest BCUT2D eigenvalue weighted by Gasteiger charge is 2.34. The number of methoxy groups -OCH3 is 1. The molecule has 0 atom stereocenters. The van der Waals surface area contributed by atoms with E-state index in [1.54, 1.807) is 7.11 Å². The Bertz CT molecular complexity index is 441. The Labute approximate surface area is 122 Å². The van der Waals surface area contributed by atoms with Crippen molar-refractivity contribution >= 4 is 38.9 Å². The lowest BCUT2D eigenvalue weighted by atomic mass is 9.81. The third kappa shape index (κ3) is 2.86. The molecule has 0 spiro atoms. The molecule has 0 saturated carbocycles. The van der Waals surface area contributed by atoms with Crippen LogP contribution in [0.15, 0.2) is 28.7 Å². The van der Waals surface area contributed by atoms with Crippen molar-refractivity contribution in [1.82, 2.24) is 0 Å². The zero-order chi connectivity index (χ0) is 13.2. The summed E-state index contributed by atoms with van der Waals surface area (Å²) in [7, 11) is 1.67. The van der Waals surface area contributed by atoms with Crippen LogP contribution in [-0.4, -0.2) is 25.2 Å². The summed E-state index contributed by atoms with van der Waals surface area (Å²) in [5, 5.41) is 0.747. The maximum atomic E-state index is 5.32. The molecule has 0 amide bonds. The normalized spacial score (nSPS) is 18.5. The maximum Gasteiger partial charge on any atom is 0.165 e. The number of rotatable bonds is 2. The van der Waals surface area contributed by atoms with Crippen LogP contribution in [0.2, 0.25) is 0 Å². The van der Waals surface area contributed by atoms with Crippen LogP contribution >= 0.6 is 28.1 Å². The van der Waals surface area contributed by atoms with Crippen molar-refractivity contribution in [2.75, 3.05) is 25.1 Å². The Morgan fingerprint density at radius 1 is 1.39 bits per heavy atom. The average Bonchev–Trinajstić information content (AvgIpc) is 2.38. The van der Waals surface area contributed by atoms with Gasteiger partial charge in [-0.1, -0.05) is 28.9 Å². The van der Waals surface area contributed by atoms with Crippen LogP contribution < -0.4 is 4.90 Å². The van der Waals surface area contributed by atoms with E-state index in [2.05, 4.69) is 52.0 Å². The van der Waals surface area contributed by atoms with Crippen LogP contribution in [0.5, 0.6) is 0 Å². The molecular formula is C14H18BrNOS. The molecule has 4 heteroatoms. The first kappa shape index (κ1) is 13.8. The molecular weight excluding hydrogens is 310 g/mol. The van der Waals surface area contributed by atoms with Gasteiger partial charge >= 0.3 is 0 Å². The lowest BCUT2D eigenvalue weighted by Crippen LogP contribution is -2.42. The molecule has 1 aliphatic rings. The van der Waals surface area contributed by atoms with Gasteiger partial charge in [0.15, 0.2) is 5.05 Å². The fraction of sp³-hybridized carbons (Fsp3) is 0.500. The summed E-state index contributed by atoms with van der Waals surface area (Å²) >= 11 is 8.83. The first-order chi connectivity index (χ1) is 8.55. The van der Waals surface area contributed by atoms with Crippen LogP contribution in [0.4, 0.5) is 5.69 Å². The van der Waals surface area contributed by atoms with Crippen molar-refractivity contribution in [3.8, 4) is 0 Å². The fourth-order valence-corrected chi connectivity index (χ4v) is 2.97. The zero-order valence-corrected chi connectivity index (χ0v) is 13.2.